The van der Waals surface area contributed by atoms with Crippen molar-refractivity contribution in [3.8, 4) is 11.4 Å². The number of carbonyl (C=O) groups is 1. The predicted octanol–water partition coefficient (Wildman–Crippen LogP) is 7.17. The zero-order valence-electron chi connectivity index (χ0n) is 23.3. The van der Waals surface area contributed by atoms with Crippen molar-refractivity contribution in [3.63, 3.8) is 0 Å². The van der Waals surface area contributed by atoms with E-state index in [1.807, 2.05) is 65.4 Å². The van der Waals surface area contributed by atoms with Crippen LogP contribution in [-0.4, -0.2) is 21.3 Å². The van der Waals surface area contributed by atoms with Gasteiger partial charge in [0.25, 0.3) is 0 Å². The molecule has 1 N–H and O–H groups in total. The van der Waals surface area contributed by atoms with Crippen LogP contribution in [0, 0.1) is 19.7 Å². The first-order chi connectivity index (χ1) is 20.4. The van der Waals surface area contributed by atoms with Crippen LogP contribution in [0.5, 0.6) is 5.75 Å². The van der Waals surface area contributed by atoms with Crippen molar-refractivity contribution in [2.24, 2.45) is 5.10 Å². The Hall–Kier alpha value is -5.37. The van der Waals surface area contributed by atoms with Crippen LogP contribution < -0.4 is 10.2 Å². The Morgan fingerprint density at radius 1 is 0.952 bits per heavy atom. The highest BCUT2D eigenvalue weighted by Crippen LogP contribution is 2.23. The molecule has 0 atom stereocenters. The number of rotatable bonds is 9. The molecule has 0 aliphatic rings. The molecule has 0 unspecified atom stereocenters. The topological polar surface area (TPSA) is 73.7 Å². The smallest absolute Gasteiger partial charge is 0.307 e. The van der Waals surface area contributed by atoms with Gasteiger partial charge in [-0.15, -0.1) is 0 Å². The third kappa shape index (κ3) is 5.74. The minimum atomic E-state index is -0.470. The van der Waals surface area contributed by atoms with Crippen molar-refractivity contribution in [2.45, 2.75) is 27.0 Å². The van der Waals surface area contributed by atoms with Gasteiger partial charge in [-0.05, 0) is 86.1 Å². The van der Waals surface area contributed by atoms with E-state index in [2.05, 4.69) is 41.1 Å². The quantitative estimate of drug-likeness (QED) is 0.150. The number of aromatic nitrogens is 2. The van der Waals surface area contributed by atoms with E-state index >= 15 is 0 Å². The number of hydrogen-bond acceptors (Lipinski definition) is 4. The lowest BCUT2D eigenvalue weighted by atomic mass is 10.2. The number of carbonyl (C=O) groups excluding carboxylic acids is 1. The first kappa shape index (κ1) is 26.8. The van der Waals surface area contributed by atoms with Crippen molar-refractivity contribution in [2.75, 3.05) is 0 Å². The van der Waals surface area contributed by atoms with Crippen LogP contribution in [0.15, 0.2) is 113 Å². The summed E-state index contributed by atoms with van der Waals surface area (Å²) >= 11 is 0. The summed E-state index contributed by atoms with van der Waals surface area (Å²) in [5, 5.41) is 5.12. The normalized spacial score (nSPS) is 11.4. The summed E-state index contributed by atoms with van der Waals surface area (Å²) in [6.45, 7) is 4.83. The van der Waals surface area contributed by atoms with Gasteiger partial charge in [-0.3, -0.25) is 4.79 Å². The van der Waals surface area contributed by atoms with E-state index in [9.17, 15) is 9.18 Å². The van der Waals surface area contributed by atoms with Crippen molar-refractivity contribution < 1.29 is 18.3 Å². The van der Waals surface area contributed by atoms with E-state index in [4.69, 9.17) is 9.15 Å². The molecule has 0 fully saturated rings. The molecule has 3 aromatic carbocycles. The van der Waals surface area contributed by atoms with Gasteiger partial charge in [0.2, 0.25) is 0 Å². The molecule has 0 radical (unpaired) electrons. The van der Waals surface area contributed by atoms with Gasteiger partial charge in [0, 0.05) is 46.3 Å². The molecule has 6 aromatic rings. The summed E-state index contributed by atoms with van der Waals surface area (Å²) in [6, 6.07) is 29.7. The van der Waals surface area contributed by atoms with Crippen molar-refractivity contribution >= 4 is 23.0 Å². The van der Waals surface area contributed by atoms with Crippen LogP contribution in [-0.2, 0) is 13.2 Å². The second-order valence-corrected chi connectivity index (χ2v) is 10.1. The monoisotopic (exact) mass is 560 g/mol. The lowest BCUT2D eigenvalue weighted by Crippen LogP contribution is -2.16. The number of hydrazone groups is 1. The number of aryl methyl sites for hydroxylation is 2. The summed E-state index contributed by atoms with van der Waals surface area (Å²) < 4.78 is 29.4. The molecule has 0 aliphatic heterocycles. The maximum atomic E-state index is 13.7. The van der Waals surface area contributed by atoms with Gasteiger partial charge in [0.15, 0.2) is 5.76 Å². The molecule has 0 spiro atoms. The molecule has 0 bridgehead atoms. The molecule has 3 heterocycles. The Labute approximate surface area is 242 Å². The van der Waals surface area contributed by atoms with E-state index in [0.717, 1.165) is 27.7 Å². The fourth-order valence-corrected chi connectivity index (χ4v) is 5.06. The number of hydrogen-bond donors (Lipinski definition) is 1. The number of nitrogens with zero attached hydrogens (tertiary/aromatic N) is 3. The van der Waals surface area contributed by atoms with Crippen LogP contribution in [0.2, 0.25) is 0 Å². The fourth-order valence-electron chi connectivity index (χ4n) is 5.06. The van der Waals surface area contributed by atoms with Gasteiger partial charge >= 0.3 is 5.91 Å². The maximum absolute atomic E-state index is 13.7. The fraction of sp³-hybridized carbons (Fsp3) is 0.118. The molecule has 0 saturated heterocycles. The van der Waals surface area contributed by atoms with Crippen LogP contribution in [0.1, 0.15) is 38.8 Å². The summed E-state index contributed by atoms with van der Waals surface area (Å²) in [5.41, 5.74) is 8.58. The minimum absolute atomic E-state index is 0.133. The molecule has 7 nitrogen and oxygen atoms in total. The second kappa shape index (κ2) is 11.6. The van der Waals surface area contributed by atoms with Gasteiger partial charge in [0.05, 0.1) is 6.21 Å². The minimum Gasteiger partial charge on any atom is -0.486 e. The Balaban J connectivity index is 1.07. The average Bonchev–Trinajstić information content (AvgIpc) is 3.70. The summed E-state index contributed by atoms with van der Waals surface area (Å²) in [6.07, 6.45) is 3.52. The molecule has 3 aromatic heterocycles. The van der Waals surface area contributed by atoms with Gasteiger partial charge in [0.1, 0.15) is 23.9 Å². The van der Waals surface area contributed by atoms with Crippen molar-refractivity contribution in [1.82, 2.24) is 14.6 Å². The number of benzene rings is 3. The maximum Gasteiger partial charge on any atom is 0.307 e. The van der Waals surface area contributed by atoms with Crippen LogP contribution >= 0.6 is 0 Å². The third-order valence-electron chi connectivity index (χ3n) is 7.06. The SMILES string of the molecule is Cc1ccc(C)n1-c1ccc(OCc2ccc(C(=O)N/N=C/c3cn(Cc4cccc(F)c4)c4ccccc34)o2)cc1. The van der Waals surface area contributed by atoms with Gasteiger partial charge in [-0.25, -0.2) is 9.82 Å². The molecular weight excluding hydrogens is 531 g/mol. The summed E-state index contributed by atoms with van der Waals surface area (Å²) in [7, 11) is 0. The average molecular weight is 561 g/mol. The van der Waals surface area contributed by atoms with Gasteiger partial charge < -0.3 is 18.3 Å². The van der Waals surface area contributed by atoms with Gasteiger partial charge in [-0.1, -0.05) is 30.3 Å². The zero-order chi connectivity index (χ0) is 29.1. The zero-order valence-corrected chi connectivity index (χ0v) is 23.3. The van der Waals surface area contributed by atoms with Crippen molar-refractivity contribution in [3.05, 3.63) is 143 Å². The number of furan rings is 1. The molecule has 42 heavy (non-hydrogen) atoms. The Morgan fingerprint density at radius 3 is 2.52 bits per heavy atom. The van der Waals surface area contributed by atoms with E-state index in [-0.39, 0.29) is 18.2 Å². The van der Waals surface area contributed by atoms with Crippen LogP contribution in [0.4, 0.5) is 4.39 Å². The largest absolute Gasteiger partial charge is 0.486 e. The van der Waals surface area contributed by atoms with Crippen molar-refractivity contribution in [1.29, 1.82) is 0 Å². The van der Waals surface area contributed by atoms with E-state index in [1.54, 1.807) is 24.4 Å². The number of nitrogens with one attached hydrogen (secondary N) is 1. The second-order valence-electron chi connectivity index (χ2n) is 10.1. The summed E-state index contributed by atoms with van der Waals surface area (Å²) in [5.74, 6) is 0.611. The highest BCUT2D eigenvalue weighted by Gasteiger charge is 2.12. The highest BCUT2D eigenvalue weighted by atomic mass is 19.1. The highest BCUT2D eigenvalue weighted by molar-refractivity contribution is 6.00. The molecule has 210 valence electrons. The number of halogens is 1. The first-order valence-electron chi connectivity index (χ1n) is 13.6. The summed E-state index contributed by atoms with van der Waals surface area (Å²) in [4.78, 5) is 12.7. The standard InChI is InChI=1S/C34H29FN4O3/c1-23-10-11-24(2)39(23)28-12-14-29(15-13-28)41-22-30-16-17-33(42-30)34(40)37-36-19-26-21-38(32-9-4-3-8-31(26)32)20-25-6-5-7-27(35)18-25/h3-19,21H,20,22H2,1-2H3,(H,37,40)/b36-19+. The van der Waals surface area contributed by atoms with E-state index in [0.29, 0.717) is 18.1 Å². The first-order valence-corrected chi connectivity index (χ1v) is 13.6. The van der Waals surface area contributed by atoms with Crippen LogP contribution in [0.25, 0.3) is 16.6 Å². The Bertz CT molecular complexity index is 1880. The lowest BCUT2D eigenvalue weighted by molar-refractivity contribution is 0.0923. The lowest BCUT2D eigenvalue weighted by Gasteiger charge is -2.10. The van der Waals surface area contributed by atoms with E-state index in [1.165, 1.54) is 23.5 Å². The predicted molar refractivity (Wildman–Crippen MR) is 161 cm³/mol. The molecule has 8 heteroatoms. The van der Waals surface area contributed by atoms with Gasteiger partial charge in [-0.2, -0.15) is 5.10 Å². The third-order valence-corrected chi connectivity index (χ3v) is 7.06. The number of para-hydroxylation sites is 1. The Kier molecular flexibility index (Phi) is 7.43. The molecule has 0 saturated carbocycles. The Morgan fingerprint density at radius 2 is 1.74 bits per heavy atom. The molecule has 0 aliphatic carbocycles. The molecule has 6 rings (SSSR count). The number of ether oxygens (including phenoxy) is 1. The molecule has 1 amide bonds. The number of amides is 1. The van der Waals surface area contributed by atoms with E-state index < -0.39 is 5.91 Å². The number of fused-ring (bicyclic) bond motifs is 1. The molecular formula is C34H29FN4O3. The van der Waals surface area contributed by atoms with Crippen LogP contribution in [0.3, 0.4) is 0 Å².